The summed E-state index contributed by atoms with van der Waals surface area (Å²) < 4.78 is 28.7. The van der Waals surface area contributed by atoms with Crippen molar-refractivity contribution in [3.05, 3.63) is 0 Å². The molecule has 0 heterocycles. The van der Waals surface area contributed by atoms with Gasteiger partial charge in [-0.05, 0) is 0 Å². The van der Waals surface area contributed by atoms with E-state index in [4.69, 9.17) is 10.2 Å². The fourth-order valence-electron chi connectivity index (χ4n) is 0.783. The van der Waals surface area contributed by atoms with E-state index >= 15 is 0 Å². The molecule has 0 aromatic carbocycles. The number of aliphatic hydroxyl groups excluding tert-OH is 1. The minimum atomic E-state index is -3.90. The summed E-state index contributed by atoms with van der Waals surface area (Å²) in [5.74, 6) is -2.47. The lowest BCUT2D eigenvalue weighted by atomic mass is 10.4. The van der Waals surface area contributed by atoms with Crippen molar-refractivity contribution in [2.45, 2.75) is 6.04 Å². The van der Waals surface area contributed by atoms with Gasteiger partial charge in [0, 0.05) is 7.11 Å². The van der Waals surface area contributed by atoms with Gasteiger partial charge in [0.25, 0.3) is 0 Å². The molecule has 3 N–H and O–H groups in total. The van der Waals surface area contributed by atoms with Crippen LogP contribution >= 0.6 is 0 Å². The quantitative estimate of drug-likeness (QED) is 0.463. The van der Waals surface area contributed by atoms with Gasteiger partial charge < -0.3 is 14.9 Å². The molecule has 0 radical (unpaired) electrons. The lowest BCUT2D eigenvalue weighted by Crippen LogP contribution is -2.42. The average Bonchev–Trinajstić information content (AvgIpc) is 2.00. The number of aliphatic carboxylic acids is 1. The maximum absolute atomic E-state index is 11.0. The molecule has 0 aliphatic carbocycles. The number of carboxylic acid groups (broad SMARTS) is 1. The zero-order chi connectivity index (χ0) is 11.2. The van der Waals surface area contributed by atoms with Crippen molar-refractivity contribution in [1.29, 1.82) is 0 Å². The molecule has 0 saturated heterocycles. The van der Waals surface area contributed by atoms with Crippen LogP contribution in [0.4, 0.5) is 0 Å². The SMILES string of the molecule is COCC(CO)NS(=O)(=O)CC(=O)O. The number of rotatable bonds is 7. The van der Waals surface area contributed by atoms with Gasteiger partial charge in [-0.2, -0.15) is 0 Å². The van der Waals surface area contributed by atoms with Crippen molar-refractivity contribution in [3.8, 4) is 0 Å². The second-order valence-corrected chi connectivity index (χ2v) is 4.36. The van der Waals surface area contributed by atoms with E-state index in [1.165, 1.54) is 7.11 Å². The number of hydrogen-bond donors (Lipinski definition) is 3. The number of nitrogens with one attached hydrogen (secondary N) is 1. The number of sulfonamides is 1. The first kappa shape index (κ1) is 13.3. The van der Waals surface area contributed by atoms with E-state index in [-0.39, 0.29) is 6.61 Å². The first-order chi connectivity index (χ1) is 6.41. The lowest BCUT2D eigenvalue weighted by Gasteiger charge is -2.14. The van der Waals surface area contributed by atoms with Crippen LogP contribution in [0.2, 0.25) is 0 Å². The number of methoxy groups -OCH3 is 1. The van der Waals surface area contributed by atoms with Gasteiger partial charge in [0.15, 0.2) is 5.75 Å². The Kier molecular flexibility index (Phi) is 5.62. The molecule has 84 valence electrons. The Morgan fingerprint density at radius 3 is 2.50 bits per heavy atom. The van der Waals surface area contributed by atoms with Crippen molar-refractivity contribution >= 4 is 16.0 Å². The van der Waals surface area contributed by atoms with Gasteiger partial charge in [-0.25, -0.2) is 13.1 Å². The molecule has 7 nitrogen and oxygen atoms in total. The Morgan fingerprint density at radius 1 is 1.57 bits per heavy atom. The monoisotopic (exact) mass is 227 g/mol. The highest BCUT2D eigenvalue weighted by atomic mass is 32.2. The maximum atomic E-state index is 11.0. The minimum absolute atomic E-state index is 0.0185. The lowest BCUT2D eigenvalue weighted by molar-refractivity contribution is -0.134. The van der Waals surface area contributed by atoms with Crippen LogP contribution < -0.4 is 4.72 Å². The summed E-state index contributed by atoms with van der Waals surface area (Å²) in [6, 6.07) is -0.815. The Bertz CT molecular complexity index is 274. The Hall–Kier alpha value is -0.700. The molecule has 0 amide bonds. The largest absolute Gasteiger partial charge is 0.480 e. The highest BCUT2D eigenvalue weighted by Gasteiger charge is 2.20. The number of aliphatic hydroxyl groups is 1. The van der Waals surface area contributed by atoms with Gasteiger partial charge >= 0.3 is 5.97 Å². The van der Waals surface area contributed by atoms with Crippen molar-refractivity contribution in [2.75, 3.05) is 26.1 Å². The molecule has 0 aliphatic rings. The third-order valence-electron chi connectivity index (χ3n) is 1.25. The molecule has 14 heavy (non-hydrogen) atoms. The molecule has 0 aromatic rings. The van der Waals surface area contributed by atoms with Crippen molar-refractivity contribution in [3.63, 3.8) is 0 Å². The zero-order valence-electron chi connectivity index (χ0n) is 7.63. The Morgan fingerprint density at radius 2 is 2.14 bits per heavy atom. The molecule has 1 unspecified atom stereocenters. The van der Waals surface area contributed by atoms with E-state index in [0.717, 1.165) is 0 Å². The molecule has 0 rings (SSSR count). The fraction of sp³-hybridized carbons (Fsp3) is 0.833. The Balaban J connectivity index is 4.25. The predicted molar refractivity (Wildman–Crippen MR) is 47.3 cm³/mol. The maximum Gasteiger partial charge on any atom is 0.320 e. The van der Waals surface area contributed by atoms with E-state index in [1.54, 1.807) is 0 Å². The smallest absolute Gasteiger partial charge is 0.320 e. The second-order valence-electron chi connectivity index (χ2n) is 2.61. The summed E-state index contributed by atoms with van der Waals surface area (Å²) in [6.45, 7) is -0.470. The van der Waals surface area contributed by atoms with E-state index in [0.29, 0.717) is 0 Å². The molecule has 1 atom stereocenters. The van der Waals surface area contributed by atoms with E-state index in [1.807, 2.05) is 4.72 Å². The molecule has 0 aliphatic heterocycles. The average molecular weight is 227 g/mol. The molecule has 0 bridgehead atoms. The molecule has 0 saturated carbocycles. The summed E-state index contributed by atoms with van der Waals surface area (Å²) in [5, 5.41) is 17.0. The Labute approximate surface area is 81.7 Å². The van der Waals surface area contributed by atoms with E-state index in [2.05, 4.69) is 4.74 Å². The van der Waals surface area contributed by atoms with Gasteiger partial charge in [-0.3, -0.25) is 4.79 Å². The summed E-state index contributed by atoms with van der Waals surface area (Å²) in [4.78, 5) is 10.1. The molecular formula is C6H13NO6S. The van der Waals surface area contributed by atoms with Gasteiger partial charge in [0.05, 0.1) is 19.3 Å². The fourth-order valence-corrected chi connectivity index (χ4v) is 1.84. The number of hydrogen-bond acceptors (Lipinski definition) is 5. The van der Waals surface area contributed by atoms with Crippen LogP contribution in [0.25, 0.3) is 0 Å². The van der Waals surface area contributed by atoms with Crippen LogP contribution in [0.1, 0.15) is 0 Å². The van der Waals surface area contributed by atoms with Gasteiger partial charge in [-0.15, -0.1) is 0 Å². The first-order valence-electron chi connectivity index (χ1n) is 3.73. The molecule has 0 aromatic heterocycles. The summed E-state index contributed by atoms with van der Waals surface area (Å²) in [5.41, 5.74) is 0. The van der Waals surface area contributed by atoms with Gasteiger partial charge in [0.1, 0.15) is 0 Å². The van der Waals surface area contributed by atoms with Crippen LogP contribution in [0, 0.1) is 0 Å². The third kappa shape index (κ3) is 5.86. The normalized spacial score (nSPS) is 13.9. The number of carboxylic acids is 1. The van der Waals surface area contributed by atoms with Crippen LogP contribution in [0.15, 0.2) is 0 Å². The molecule has 8 heteroatoms. The zero-order valence-corrected chi connectivity index (χ0v) is 8.45. The van der Waals surface area contributed by atoms with Gasteiger partial charge in [0.2, 0.25) is 10.0 Å². The third-order valence-corrected chi connectivity index (χ3v) is 2.57. The molecular weight excluding hydrogens is 214 g/mol. The molecule has 0 spiro atoms. The topological polar surface area (TPSA) is 113 Å². The number of carbonyl (C=O) groups is 1. The summed E-state index contributed by atoms with van der Waals surface area (Å²) in [7, 11) is -2.56. The van der Waals surface area contributed by atoms with Crippen LogP contribution in [0.5, 0.6) is 0 Å². The van der Waals surface area contributed by atoms with Crippen molar-refractivity contribution < 1.29 is 28.2 Å². The first-order valence-corrected chi connectivity index (χ1v) is 5.38. The highest BCUT2D eigenvalue weighted by molar-refractivity contribution is 7.90. The second kappa shape index (κ2) is 5.91. The van der Waals surface area contributed by atoms with Crippen molar-refractivity contribution in [2.24, 2.45) is 0 Å². The van der Waals surface area contributed by atoms with Gasteiger partial charge in [-0.1, -0.05) is 0 Å². The van der Waals surface area contributed by atoms with Crippen LogP contribution in [-0.2, 0) is 19.6 Å². The van der Waals surface area contributed by atoms with Crippen molar-refractivity contribution in [1.82, 2.24) is 4.72 Å². The van der Waals surface area contributed by atoms with Crippen LogP contribution in [-0.4, -0.2) is 56.7 Å². The van der Waals surface area contributed by atoms with E-state index < -0.39 is 34.4 Å². The minimum Gasteiger partial charge on any atom is -0.480 e. The number of ether oxygens (including phenoxy) is 1. The summed E-state index contributed by atoms with van der Waals surface area (Å²) >= 11 is 0. The highest BCUT2D eigenvalue weighted by Crippen LogP contribution is 1.90. The van der Waals surface area contributed by atoms with Crippen LogP contribution in [0.3, 0.4) is 0 Å². The molecule has 0 fully saturated rings. The predicted octanol–water partition coefficient (Wildman–Crippen LogP) is -2.00. The standard InChI is InChI=1S/C6H13NO6S/c1-13-3-5(2-8)7-14(11,12)4-6(9)10/h5,7-8H,2-4H2,1H3,(H,9,10). The summed E-state index contributed by atoms with van der Waals surface area (Å²) in [6.07, 6.45) is 0. The van der Waals surface area contributed by atoms with E-state index in [9.17, 15) is 13.2 Å².